The third-order valence-electron chi connectivity index (χ3n) is 4.10. The quantitative estimate of drug-likeness (QED) is 0.480. The lowest BCUT2D eigenvalue weighted by Crippen LogP contribution is -2.01. The van der Waals surface area contributed by atoms with Crippen LogP contribution in [-0.2, 0) is 12.8 Å². The Bertz CT molecular complexity index is 910. The molecule has 0 unspecified atom stereocenters. The maximum atomic E-state index is 6.62. The zero-order valence-corrected chi connectivity index (χ0v) is 16.7. The molecule has 126 valence electrons. The number of rotatable bonds is 1. The third-order valence-corrected chi connectivity index (χ3v) is 5.52. The van der Waals surface area contributed by atoms with Gasteiger partial charge in [-0.2, -0.15) is 5.10 Å². The highest BCUT2D eigenvalue weighted by molar-refractivity contribution is 7.77. The Morgan fingerprint density at radius 3 is 2.58 bits per heavy atom. The standard InChI is InChI=1S/C19H21Cl2N2P/c1-13-11-16(20)14(9-10-24(2,3)4)12-18(13)23-19(21)15-7-5-6-8-17(15)22-23/h11-12H,2,5-8H2,1,3-4H3. The molecule has 0 atom stereocenters. The molecule has 0 bridgehead atoms. The van der Waals surface area contributed by atoms with E-state index < -0.39 is 6.89 Å². The smallest absolute Gasteiger partial charge is 0.136 e. The van der Waals surface area contributed by atoms with E-state index in [0.29, 0.717) is 5.02 Å². The van der Waals surface area contributed by atoms with Crippen molar-refractivity contribution in [3.8, 4) is 17.3 Å². The van der Waals surface area contributed by atoms with Crippen LogP contribution in [0.3, 0.4) is 0 Å². The van der Waals surface area contributed by atoms with Crippen LogP contribution in [0.5, 0.6) is 0 Å². The van der Waals surface area contributed by atoms with Gasteiger partial charge in [0.15, 0.2) is 0 Å². The van der Waals surface area contributed by atoms with E-state index in [0.717, 1.165) is 40.5 Å². The zero-order valence-electron chi connectivity index (χ0n) is 14.3. The molecule has 0 N–H and O–H groups in total. The molecule has 0 aliphatic heterocycles. The summed E-state index contributed by atoms with van der Waals surface area (Å²) in [5.74, 6) is 3.19. The molecule has 0 saturated carbocycles. The van der Waals surface area contributed by atoms with Gasteiger partial charge in [0, 0.05) is 11.1 Å². The summed E-state index contributed by atoms with van der Waals surface area (Å²) in [5.41, 5.74) is 8.35. The summed E-state index contributed by atoms with van der Waals surface area (Å²) in [5, 5.41) is 6.13. The van der Waals surface area contributed by atoms with Gasteiger partial charge < -0.3 is 0 Å². The fourth-order valence-corrected chi connectivity index (χ4v) is 3.89. The Kier molecular flexibility index (Phi) is 4.89. The molecule has 2 aromatic rings. The molecule has 1 aromatic carbocycles. The SMILES string of the molecule is C=P(C)(C)C#Cc1cc(-n2nc3c(c2Cl)CCCC3)c(C)cc1Cl. The maximum Gasteiger partial charge on any atom is 0.136 e. The van der Waals surface area contributed by atoms with E-state index in [1.165, 1.54) is 18.4 Å². The third kappa shape index (κ3) is 3.60. The van der Waals surface area contributed by atoms with Crippen LogP contribution in [0.4, 0.5) is 0 Å². The van der Waals surface area contributed by atoms with Crippen LogP contribution in [0.25, 0.3) is 5.69 Å². The largest absolute Gasteiger partial charge is 0.221 e. The van der Waals surface area contributed by atoms with Crippen molar-refractivity contribution in [2.75, 3.05) is 13.3 Å². The van der Waals surface area contributed by atoms with Gasteiger partial charge in [-0.1, -0.05) is 41.1 Å². The summed E-state index contributed by atoms with van der Waals surface area (Å²) >= 11 is 13.0. The van der Waals surface area contributed by atoms with Crippen molar-refractivity contribution >= 4 is 36.4 Å². The average Bonchev–Trinajstić information content (AvgIpc) is 2.83. The van der Waals surface area contributed by atoms with E-state index in [2.05, 4.69) is 31.2 Å². The minimum atomic E-state index is -1.43. The highest BCUT2D eigenvalue weighted by atomic mass is 35.5. The number of hydrogen-bond donors (Lipinski definition) is 0. The lowest BCUT2D eigenvalue weighted by Gasteiger charge is -2.10. The predicted molar refractivity (Wildman–Crippen MR) is 108 cm³/mol. The molecule has 0 spiro atoms. The second-order valence-electron chi connectivity index (χ2n) is 6.88. The number of aromatic nitrogens is 2. The second kappa shape index (κ2) is 6.64. The van der Waals surface area contributed by atoms with Gasteiger partial charge in [-0.05, 0) is 70.5 Å². The summed E-state index contributed by atoms with van der Waals surface area (Å²) in [4.78, 5) is 0. The van der Waals surface area contributed by atoms with Crippen molar-refractivity contribution in [1.29, 1.82) is 0 Å². The van der Waals surface area contributed by atoms with E-state index in [1.807, 2.05) is 23.7 Å². The molecule has 1 heterocycles. The topological polar surface area (TPSA) is 17.8 Å². The first-order valence-corrected chi connectivity index (χ1v) is 11.7. The molecular formula is C19H21Cl2N2P. The molecule has 1 aliphatic rings. The molecule has 0 fully saturated rings. The number of halogens is 2. The highest BCUT2D eigenvalue weighted by Gasteiger charge is 2.21. The van der Waals surface area contributed by atoms with Gasteiger partial charge in [0.05, 0.1) is 16.4 Å². The Morgan fingerprint density at radius 2 is 1.92 bits per heavy atom. The first-order chi connectivity index (χ1) is 11.3. The van der Waals surface area contributed by atoms with E-state index in [4.69, 9.17) is 28.3 Å². The van der Waals surface area contributed by atoms with E-state index in [1.54, 1.807) is 0 Å². The Labute approximate surface area is 154 Å². The Morgan fingerprint density at radius 1 is 1.21 bits per heavy atom. The molecule has 3 rings (SSSR count). The van der Waals surface area contributed by atoms with Crippen LogP contribution in [0.1, 0.15) is 35.2 Å². The van der Waals surface area contributed by atoms with Crippen LogP contribution in [-0.4, -0.2) is 29.4 Å². The fourth-order valence-electron chi connectivity index (χ4n) is 2.87. The van der Waals surface area contributed by atoms with Gasteiger partial charge in [-0.25, -0.2) is 4.68 Å². The monoisotopic (exact) mass is 378 g/mol. The van der Waals surface area contributed by atoms with Gasteiger partial charge in [-0.3, -0.25) is 0 Å². The molecule has 1 aromatic heterocycles. The van der Waals surface area contributed by atoms with Crippen LogP contribution < -0.4 is 0 Å². The van der Waals surface area contributed by atoms with Gasteiger partial charge in [0.25, 0.3) is 0 Å². The number of hydrogen-bond acceptors (Lipinski definition) is 1. The molecule has 5 heteroatoms. The number of fused-ring (bicyclic) bond motifs is 1. The van der Waals surface area contributed by atoms with Crippen molar-refractivity contribution in [3.05, 3.63) is 44.7 Å². The van der Waals surface area contributed by atoms with Crippen LogP contribution >= 0.6 is 30.1 Å². The average molecular weight is 379 g/mol. The molecule has 1 aliphatic carbocycles. The van der Waals surface area contributed by atoms with Crippen molar-refractivity contribution in [1.82, 2.24) is 9.78 Å². The summed E-state index contributed by atoms with van der Waals surface area (Å²) in [7, 11) is 0. The lowest BCUT2D eigenvalue weighted by atomic mass is 9.98. The molecular weight excluding hydrogens is 358 g/mol. The fraction of sp³-hybridized carbons (Fsp3) is 0.368. The number of aryl methyl sites for hydroxylation is 2. The maximum absolute atomic E-state index is 6.62. The van der Waals surface area contributed by atoms with Gasteiger partial charge in [0.1, 0.15) is 5.15 Å². The summed E-state index contributed by atoms with van der Waals surface area (Å²) in [6.45, 7) is 4.76. The lowest BCUT2D eigenvalue weighted by molar-refractivity contribution is 0.671. The predicted octanol–water partition coefficient (Wildman–Crippen LogP) is 5.38. The summed E-state index contributed by atoms with van der Waals surface area (Å²) < 4.78 is 1.85. The van der Waals surface area contributed by atoms with Crippen LogP contribution in [0.15, 0.2) is 12.1 Å². The molecule has 0 amide bonds. The molecule has 2 nitrogen and oxygen atoms in total. The van der Waals surface area contributed by atoms with Gasteiger partial charge in [-0.15, -0.1) is 0 Å². The first-order valence-electron chi connectivity index (χ1n) is 8.04. The van der Waals surface area contributed by atoms with Gasteiger partial charge >= 0.3 is 0 Å². The first kappa shape index (κ1) is 17.7. The minimum absolute atomic E-state index is 0.658. The summed E-state index contributed by atoms with van der Waals surface area (Å²) in [6.07, 6.45) is 8.49. The molecule has 0 radical (unpaired) electrons. The summed E-state index contributed by atoms with van der Waals surface area (Å²) in [6, 6.07) is 3.93. The van der Waals surface area contributed by atoms with Crippen molar-refractivity contribution in [2.45, 2.75) is 32.6 Å². The van der Waals surface area contributed by atoms with E-state index in [-0.39, 0.29) is 0 Å². The molecule has 24 heavy (non-hydrogen) atoms. The Hall–Kier alpha value is -1.13. The Balaban J connectivity index is 2.13. The second-order valence-corrected chi connectivity index (χ2v) is 11.2. The van der Waals surface area contributed by atoms with Crippen molar-refractivity contribution in [2.24, 2.45) is 0 Å². The number of benzene rings is 1. The van der Waals surface area contributed by atoms with E-state index >= 15 is 0 Å². The van der Waals surface area contributed by atoms with Crippen LogP contribution in [0.2, 0.25) is 10.2 Å². The van der Waals surface area contributed by atoms with Gasteiger partial charge in [0.2, 0.25) is 0 Å². The zero-order chi connectivity index (χ0) is 17.5. The molecule has 0 saturated heterocycles. The van der Waals surface area contributed by atoms with E-state index in [9.17, 15) is 0 Å². The highest BCUT2D eigenvalue weighted by Crippen LogP contribution is 2.34. The van der Waals surface area contributed by atoms with Crippen molar-refractivity contribution < 1.29 is 0 Å². The minimum Gasteiger partial charge on any atom is -0.221 e. The normalized spacial score (nSPS) is 14.0. The van der Waals surface area contributed by atoms with Crippen molar-refractivity contribution in [3.63, 3.8) is 0 Å². The van der Waals surface area contributed by atoms with Crippen LogP contribution in [0, 0.1) is 18.5 Å². The number of nitrogens with zero attached hydrogens (tertiary/aromatic N) is 2.